The highest BCUT2D eigenvalue weighted by Crippen LogP contribution is 2.38. The second-order valence-electron chi connectivity index (χ2n) is 7.69. The molecule has 4 rings (SSSR count). The second kappa shape index (κ2) is 10.6. The van der Waals surface area contributed by atoms with Gasteiger partial charge in [-0.1, -0.05) is 30.3 Å². The molecule has 0 aliphatic carbocycles. The fourth-order valence-electron chi connectivity index (χ4n) is 3.56. The number of methoxy groups -OCH3 is 1. The summed E-state index contributed by atoms with van der Waals surface area (Å²) in [6.45, 7) is 2.12. The molecule has 1 fully saturated rings. The Morgan fingerprint density at radius 2 is 1.77 bits per heavy atom. The Hall–Kier alpha value is -3.18. The van der Waals surface area contributed by atoms with Crippen LogP contribution in [-0.2, 0) is 16.2 Å². The maximum Gasteiger partial charge on any atom is 0.335 e. The van der Waals surface area contributed by atoms with Crippen LogP contribution in [0.15, 0.2) is 70.7 Å². The number of ether oxygens (including phenoxy) is 2. The van der Waals surface area contributed by atoms with Gasteiger partial charge >= 0.3 is 6.03 Å². The van der Waals surface area contributed by atoms with Gasteiger partial charge in [0.2, 0.25) is 0 Å². The van der Waals surface area contributed by atoms with E-state index in [-0.39, 0.29) is 5.57 Å². The first-order valence-corrected chi connectivity index (χ1v) is 12.4. The molecule has 1 heterocycles. The van der Waals surface area contributed by atoms with E-state index in [0.717, 1.165) is 19.6 Å². The number of anilines is 1. The number of amides is 4. The average molecular weight is 647 g/mol. The van der Waals surface area contributed by atoms with Crippen LogP contribution in [0.2, 0.25) is 0 Å². The number of aryl methyl sites for hydroxylation is 1. The lowest BCUT2D eigenvalue weighted by Crippen LogP contribution is -2.54. The minimum atomic E-state index is -0.787. The third kappa shape index (κ3) is 5.40. The number of hydrogen-bond acceptors (Lipinski definition) is 5. The third-order valence-corrected chi connectivity index (χ3v) is 6.63. The molecule has 1 aliphatic rings. The number of barbiturate groups is 1. The zero-order valence-corrected chi connectivity index (χ0v) is 22.5. The Morgan fingerprint density at radius 1 is 1.06 bits per heavy atom. The number of imide groups is 2. The summed E-state index contributed by atoms with van der Waals surface area (Å²) in [5.74, 6) is -0.558. The lowest BCUT2D eigenvalue weighted by molar-refractivity contribution is -0.122. The Morgan fingerprint density at radius 3 is 2.46 bits per heavy atom. The first-order chi connectivity index (χ1) is 16.8. The quantitative estimate of drug-likeness (QED) is 0.214. The van der Waals surface area contributed by atoms with Gasteiger partial charge in [0.15, 0.2) is 11.5 Å². The van der Waals surface area contributed by atoms with Crippen LogP contribution in [0.25, 0.3) is 6.08 Å². The van der Waals surface area contributed by atoms with Gasteiger partial charge in [-0.05, 0) is 98.5 Å². The molecule has 0 unspecified atom stereocenters. The van der Waals surface area contributed by atoms with Crippen LogP contribution in [-0.4, -0.2) is 25.0 Å². The predicted octanol–water partition coefficient (Wildman–Crippen LogP) is 5.62. The molecule has 0 spiro atoms. The topological polar surface area (TPSA) is 84.9 Å². The van der Waals surface area contributed by atoms with Gasteiger partial charge in [-0.25, -0.2) is 9.69 Å². The lowest BCUT2D eigenvalue weighted by Gasteiger charge is -2.27. The van der Waals surface area contributed by atoms with Gasteiger partial charge in [-0.2, -0.15) is 0 Å². The molecule has 3 aromatic carbocycles. The van der Waals surface area contributed by atoms with E-state index in [1.807, 2.05) is 24.3 Å². The van der Waals surface area contributed by atoms with Crippen molar-refractivity contribution in [2.24, 2.45) is 0 Å². The van der Waals surface area contributed by atoms with Crippen molar-refractivity contribution in [2.75, 3.05) is 12.0 Å². The van der Waals surface area contributed by atoms with E-state index in [2.05, 4.69) is 43.8 Å². The molecule has 0 saturated carbocycles. The van der Waals surface area contributed by atoms with Gasteiger partial charge in [0.25, 0.3) is 11.8 Å². The number of nitrogens with one attached hydrogen (secondary N) is 1. The highest BCUT2D eigenvalue weighted by molar-refractivity contribution is 14.1. The second-order valence-corrected chi connectivity index (χ2v) is 9.79. The summed E-state index contributed by atoms with van der Waals surface area (Å²) in [5.41, 5.74) is 2.48. The number of urea groups is 1. The summed E-state index contributed by atoms with van der Waals surface area (Å²) in [5, 5.41) is 2.24. The molecule has 4 amide bonds. The van der Waals surface area contributed by atoms with E-state index in [0.29, 0.717) is 33.8 Å². The number of rotatable bonds is 6. The number of carbonyl (C=O) groups excluding carboxylic acids is 3. The van der Waals surface area contributed by atoms with E-state index in [9.17, 15) is 14.4 Å². The van der Waals surface area contributed by atoms with Crippen LogP contribution >= 0.6 is 38.5 Å². The number of hydrogen-bond donors (Lipinski definition) is 1. The standard InChI is InChI=1S/C26H20BrIN2O5/c1-15-5-3-4-6-21(15)30-25(32)19(24(31)29-26(30)33)11-17-12-20(27)23(22(13-17)34-2)35-14-16-7-9-18(28)10-8-16/h3-13H,14H2,1-2H3,(H,29,31,33)/b19-11+. The van der Waals surface area contributed by atoms with Gasteiger partial charge in [-0.3, -0.25) is 14.9 Å². The largest absolute Gasteiger partial charge is 0.493 e. The zero-order valence-electron chi connectivity index (χ0n) is 18.8. The number of benzene rings is 3. The Bertz CT molecular complexity index is 1350. The number of halogens is 2. The molecule has 178 valence electrons. The van der Waals surface area contributed by atoms with Crippen LogP contribution in [0.3, 0.4) is 0 Å². The molecule has 0 radical (unpaired) electrons. The minimum absolute atomic E-state index is 0.172. The smallest absolute Gasteiger partial charge is 0.335 e. The van der Waals surface area contributed by atoms with Crippen molar-refractivity contribution < 1.29 is 23.9 Å². The van der Waals surface area contributed by atoms with E-state index in [4.69, 9.17) is 9.47 Å². The van der Waals surface area contributed by atoms with Crippen LogP contribution in [0.5, 0.6) is 11.5 Å². The van der Waals surface area contributed by atoms with Gasteiger partial charge < -0.3 is 9.47 Å². The van der Waals surface area contributed by atoms with Crippen LogP contribution in [0, 0.1) is 10.5 Å². The highest BCUT2D eigenvalue weighted by atomic mass is 127. The van der Waals surface area contributed by atoms with E-state index >= 15 is 0 Å². The van der Waals surface area contributed by atoms with Crippen molar-refractivity contribution in [3.05, 3.63) is 91.0 Å². The van der Waals surface area contributed by atoms with Crippen molar-refractivity contribution in [1.29, 1.82) is 0 Å². The molecule has 35 heavy (non-hydrogen) atoms. The normalized spacial score (nSPS) is 14.8. The van der Waals surface area contributed by atoms with Crippen molar-refractivity contribution in [2.45, 2.75) is 13.5 Å². The number of nitrogens with zero attached hydrogens (tertiary/aromatic N) is 1. The molecule has 7 nitrogen and oxygen atoms in total. The summed E-state index contributed by atoms with van der Waals surface area (Å²) in [6, 6.07) is 17.5. The maximum atomic E-state index is 13.2. The molecular weight excluding hydrogens is 627 g/mol. The lowest BCUT2D eigenvalue weighted by atomic mass is 10.1. The number of para-hydroxylation sites is 1. The van der Waals surface area contributed by atoms with Crippen LogP contribution in [0.1, 0.15) is 16.7 Å². The third-order valence-electron chi connectivity index (χ3n) is 5.32. The Balaban J connectivity index is 1.64. The van der Waals surface area contributed by atoms with Crippen molar-refractivity contribution in [3.8, 4) is 11.5 Å². The monoisotopic (exact) mass is 646 g/mol. The molecule has 1 saturated heterocycles. The van der Waals surface area contributed by atoms with E-state index in [1.54, 1.807) is 43.3 Å². The van der Waals surface area contributed by atoms with Gasteiger partial charge in [0.1, 0.15) is 12.2 Å². The molecule has 0 bridgehead atoms. The first-order valence-electron chi connectivity index (χ1n) is 10.5. The van der Waals surface area contributed by atoms with Crippen LogP contribution < -0.4 is 19.7 Å². The van der Waals surface area contributed by atoms with Crippen LogP contribution in [0.4, 0.5) is 10.5 Å². The fraction of sp³-hybridized carbons (Fsp3) is 0.115. The van der Waals surface area contributed by atoms with Crippen molar-refractivity contribution in [1.82, 2.24) is 5.32 Å². The summed E-state index contributed by atoms with van der Waals surface area (Å²) in [7, 11) is 1.51. The molecular formula is C26H20BrIN2O5. The maximum absolute atomic E-state index is 13.2. The first kappa shape index (κ1) is 24.9. The van der Waals surface area contributed by atoms with Crippen molar-refractivity contribution >= 4 is 68.1 Å². The molecule has 9 heteroatoms. The van der Waals surface area contributed by atoms with Gasteiger partial charge in [0.05, 0.1) is 17.3 Å². The molecule has 1 N–H and O–H groups in total. The minimum Gasteiger partial charge on any atom is -0.493 e. The summed E-state index contributed by atoms with van der Waals surface area (Å²) < 4.78 is 13.2. The van der Waals surface area contributed by atoms with Gasteiger partial charge in [0, 0.05) is 3.57 Å². The fourth-order valence-corrected chi connectivity index (χ4v) is 4.49. The highest BCUT2D eigenvalue weighted by Gasteiger charge is 2.37. The Labute approximate surface area is 224 Å². The molecule has 0 aromatic heterocycles. The summed E-state index contributed by atoms with van der Waals surface area (Å²) in [6.07, 6.45) is 1.42. The summed E-state index contributed by atoms with van der Waals surface area (Å²) in [4.78, 5) is 39.2. The molecule has 3 aromatic rings. The summed E-state index contributed by atoms with van der Waals surface area (Å²) >= 11 is 5.74. The SMILES string of the molecule is COc1cc(/C=C2\C(=O)NC(=O)N(c3ccccc3C)C2=O)cc(Br)c1OCc1ccc(I)cc1. The van der Waals surface area contributed by atoms with Crippen molar-refractivity contribution in [3.63, 3.8) is 0 Å². The molecule has 0 atom stereocenters. The van der Waals surface area contributed by atoms with E-state index < -0.39 is 17.8 Å². The number of carbonyl (C=O) groups is 3. The average Bonchev–Trinajstić information content (AvgIpc) is 2.83. The Kier molecular flexibility index (Phi) is 7.56. The van der Waals surface area contributed by atoms with Gasteiger partial charge in [-0.15, -0.1) is 0 Å². The zero-order chi connectivity index (χ0) is 25.1. The van der Waals surface area contributed by atoms with E-state index in [1.165, 1.54) is 13.2 Å². The predicted molar refractivity (Wildman–Crippen MR) is 144 cm³/mol. The molecule has 1 aliphatic heterocycles.